The Morgan fingerprint density at radius 1 is 0.544 bits per heavy atom. The number of esters is 2. The van der Waals surface area contributed by atoms with Crippen LogP contribution in [0, 0.1) is 0 Å². The summed E-state index contributed by atoms with van der Waals surface area (Å²) in [6, 6.07) is 35.5. The van der Waals surface area contributed by atoms with Crippen molar-refractivity contribution in [2.45, 2.75) is 87.6 Å². The Hall–Kier alpha value is -6.20. The summed E-state index contributed by atoms with van der Waals surface area (Å²) >= 11 is 0. The molecule has 2 N–H and O–H groups in total. The summed E-state index contributed by atoms with van der Waals surface area (Å²) in [7, 11) is -8.38. The first-order chi connectivity index (χ1) is 32.9. The van der Waals surface area contributed by atoms with E-state index in [1.165, 1.54) is 8.61 Å². The number of sulfonamides is 2. The largest absolute Gasteiger partial charge is 0.451 e. The molecule has 2 heterocycles. The minimum atomic E-state index is -4.19. The molecule has 0 saturated heterocycles. The first kappa shape index (κ1) is 48.3. The molecule has 8 rings (SSSR count). The molecule has 0 bridgehead atoms. The van der Waals surface area contributed by atoms with Gasteiger partial charge in [0.1, 0.15) is 24.6 Å². The number of nitrogens with zero attached hydrogens (tertiary/aromatic N) is 2. The highest BCUT2D eigenvalue weighted by Gasteiger charge is 2.39. The number of nitrogens with one attached hydrogen (secondary N) is 2. The average Bonchev–Trinajstić information content (AvgIpc) is 3.34. The van der Waals surface area contributed by atoms with Crippen LogP contribution in [0.2, 0.25) is 0 Å². The van der Waals surface area contributed by atoms with Crippen LogP contribution in [-0.4, -0.2) is 80.6 Å². The van der Waals surface area contributed by atoms with E-state index in [1.54, 1.807) is 60.7 Å². The molecule has 2 aliphatic heterocycles. The lowest BCUT2D eigenvalue weighted by Gasteiger charge is -2.35. The Morgan fingerprint density at radius 2 is 0.956 bits per heavy atom. The monoisotopic (exact) mass is 962 g/mol. The highest BCUT2D eigenvalue weighted by molar-refractivity contribution is 7.93. The van der Waals surface area contributed by atoms with Crippen molar-refractivity contribution in [3.63, 3.8) is 0 Å². The Bertz CT molecular complexity index is 2780. The molecule has 2 aliphatic rings. The lowest BCUT2D eigenvalue weighted by atomic mass is 10.1. The number of rotatable bonds is 21. The summed E-state index contributed by atoms with van der Waals surface area (Å²) < 4.78 is 83.8. The van der Waals surface area contributed by atoms with Crippen molar-refractivity contribution in [1.82, 2.24) is 10.6 Å². The number of hydrogen-bond donors (Lipinski definition) is 2. The Balaban J connectivity index is 0.952. The smallest absolute Gasteiger partial charge is 0.309 e. The van der Waals surface area contributed by atoms with Gasteiger partial charge in [0.2, 0.25) is 0 Å². The molecule has 6 aromatic carbocycles. The number of benzene rings is 6. The molecule has 16 heteroatoms. The topological polar surface area (TPSA) is 170 Å². The van der Waals surface area contributed by atoms with Gasteiger partial charge in [-0.2, -0.15) is 0 Å². The summed E-state index contributed by atoms with van der Waals surface area (Å²) in [6.45, 7) is 7.00. The van der Waals surface area contributed by atoms with E-state index in [2.05, 4.69) is 24.5 Å². The third-order valence-electron chi connectivity index (χ3n) is 11.9. The number of ether oxygens (including phenoxy) is 4. The van der Waals surface area contributed by atoms with Gasteiger partial charge in [-0.25, -0.2) is 16.8 Å². The highest BCUT2D eigenvalue weighted by Crippen LogP contribution is 2.40. The summed E-state index contributed by atoms with van der Waals surface area (Å²) in [5.74, 6) is -1.22. The molecule has 0 amide bonds. The van der Waals surface area contributed by atoms with E-state index < -0.39 is 57.4 Å². The molecule has 0 fully saturated rings. The second-order valence-electron chi connectivity index (χ2n) is 17.0. The average molecular weight is 963 g/mol. The van der Waals surface area contributed by atoms with Crippen LogP contribution in [0.4, 0.5) is 11.4 Å². The fourth-order valence-electron chi connectivity index (χ4n) is 8.39. The van der Waals surface area contributed by atoms with Gasteiger partial charge >= 0.3 is 11.9 Å². The van der Waals surface area contributed by atoms with Crippen molar-refractivity contribution in [2.24, 2.45) is 0 Å². The summed E-state index contributed by atoms with van der Waals surface area (Å²) in [6.07, 6.45) is 1.61. The zero-order chi connectivity index (χ0) is 47.7. The maximum absolute atomic E-state index is 14.5. The fraction of sp³-hybridized carbons (Fsp3) is 0.346. The molecule has 358 valence electrons. The lowest BCUT2D eigenvalue weighted by Crippen LogP contribution is -2.46. The molecular formula is C52H58N4O10S2. The van der Waals surface area contributed by atoms with Crippen LogP contribution in [-0.2, 0) is 52.0 Å². The minimum Gasteiger partial charge on any atom is -0.451 e. The van der Waals surface area contributed by atoms with Gasteiger partial charge < -0.3 is 29.6 Å². The Labute approximate surface area is 398 Å². The molecular weight excluding hydrogens is 905 g/mol. The van der Waals surface area contributed by atoms with Gasteiger partial charge in [0, 0.05) is 0 Å². The number of anilines is 2. The Morgan fingerprint density at radius 3 is 1.37 bits per heavy atom. The van der Waals surface area contributed by atoms with Crippen molar-refractivity contribution in [1.29, 1.82) is 0 Å². The van der Waals surface area contributed by atoms with Crippen LogP contribution in [0.5, 0.6) is 11.5 Å². The number of carbonyl (C=O) groups is 2. The van der Waals surface area contributed by atoms with Gasteiger partial charge in [0.15, 0.2) is 0 Å². The van der Waals surface area contributed by atoms with Crippen LogP contribution in [0.25, 0.3) is 21.5 Å². The van der Waals surface area contributed by atoms with Crippen molar-refractivity contribution in [3.8, 4) is 11.5 Å². The molecule has 0 radical (unpaired) electrons. The molecule has 0 aliphatic carbocycles. The van der Waals surface area contributed by atoms with Crippen molar-refractivity contribution in [2.75, 3.05) is 47.9 Å². The van der Waals surface area contributed by atoms with Gasteiger partial charge in [-0.15, -0.1) is 0 Å². The first-order valence-electron chi connectivity index (χ1n) is 23.4. The number of hydrogen-bond acceptors (Lipinski definition) is 12. The summed E-state index contributed by atoms with van der Waals surface area (Å²) in [5.41, 5.74) is 2.51. The second kappa shape index (κ2) is 21.8. The third kappa shape index (κ3) is 11.4. The number of fused-ring (bicyclic) bond motifs is 4. The van der Waals surface area contributed by atoms with E-state index in [-0.39, 0.29) is 34.4 Å². The number of aryl methyl sites for hydroxylation is 2. The van der Waals surface area contributed by atoms with Crippen LogP contribution >= 0.6 is 0 Å². The van der Waals surface area contributed by atoms with E-state index in [0.29, 0.717) is 24.2 Å². The molecule has 68 heavy (non-hydrogen) atoms. The zero-order valence-electron chi connectivity index (χ0n) is 38.4. The second-order valence-corrected chi connectivity index (χ2v) is 20.7. The van der Waals surface area contributed by atoms with Gasteiger partial charge in [-0.05, 0) is 146 Å². The van der Waals surface area contributed by atoms with Gasteiger partial charge in [-0.3, -0.25) is 18.2 Å². The SMILES string of the molecule is CCCNCCCc1ccc2c(c1)N(S(=O)(=O)c1ccc3ccccc3c1)CC(OC(=O)CCC(=O)OC1CN(S(=O)(=O)c3ccc4ccccc4c3)c3cc(CCCNCCC)ccc3O1)O2. The van der Waals surface area contributed by atoms with E-state index in [1.807, 2.05) is 60.7 Å². The maximum atomic E-state index is 14.5. The lowest BCUT2D eigenvalue weighted by molar-refractivity contribution is -0.170. The van der Waals surface area contributed by atoms with Crippen LogP contribution in [0.15, 0.2) is 131 Å². The molecule has 2 unspecified atom stereocenters. The standard InChI is InChI=1S/C52H58N4O10S2/c1-3-27-53-29-9-11-37-17-23-47-45(31-37)55(67(59,60)43-21-19-39-13-5-7-15-41(39)33-43)35-51(63-47)65-49(57)25-26-50(58)66-52-36-56(68(61,62)44-22-20-40-14-6-8-16-42(40)34-44)46-32-38(18-24-48(46)64-52)12-10-30-54-28-4-2/h5-8,13-24,31-34,51-54H,3-4,9-12,25-30,35-36H2,1-2H3. The molecule has 6 aromatic rings. The predicted octanol–water partition coefficient (Wildman–Crippen LogP) is 8.25. The number of carbonyl (C=O) groups excluding carboxylic acids is 2. The van der Waals surface area contributed by atoms with E-state index in [4.69, 9.17) is 18.9 Å². The van der Waals surface area contributed by atoms with Gasteiger partial charge in [-0.1, -0.05) is 86.6 Å². The molecule has 0 aromatic heterocycles. The van der Waals surface area contributed by atoms with Crippen molar-refractivity contribution in [3.05, 3.63) is 132 Å². The normalized spacial score (nSPS) is 15.9. The predicted molar refractivity (Wildman–Crippen MR) is 263 cm³/mol. The van der Waals surface area contributed by atoms with E-state index in [0.717, 1.165) is 84.5 Å². The first-order valence-corrected chi connectivity index (χ1v) is 26.2. The third-order valence-corrected chi connectivity index (χ3v) is 15.5. The van der Waals surface area contributed by atoms with E-state index >= 15 is 0 Å². The van der Waals surface area contributed by atoms with Crippen molar-refractivity contribution < 1.29 is 45.4 Å². The maximum Gasteiger partial charge on any atom is 0.309 e. The molecule has 0 saturated carbocycles. The van der Waals surface area contributed by atoms with Crippen LogP contribution in [0.1, 0.15) is 63.5 Å². The quantitative estimate of drug-likeness (QED) is 0.0524. The summed E-state index contributed by atoms with van der Waals surface area (Å²) in [4.78, 5) is 26.9. The summed E-state index contributed by atoms with van der Waals surface area (Å²) in [5, 5.41) is 10.1. The molecule has 2 atom stereocenters. The highest BCUT2D eigenvalue weighted by atomic mass is 32.2. The zero-order valence-corrected chi connectivity index (χ0v) is 40.0. The van der Waals surface area contributed by atoms with E-state index in [9.17, 15) is 26.4 Å². The van der Waals surface area contributed by atoms with Crippen LogP contribution < -0.4 is 28.7 Å². The molecule has 14 nitrogen and oxygen atoms in total. The minimum absolute atomic E-state index is 0.0676. The van der Waals surface area contributed by atoms with Crippen LogP contribution in [0.3, 0.4) is 0 Å². The molecule has 0 spiro atoms. The Kier molecular flexibility index (Phi) is 15.5. The van der Waals surface area contributed by atoms with Crippen molar-refractivity contribution >= 4 is 64.9 Å². The van der Waals surface area contributed by atoms with Gasteiger partial charge in [0.25, 0.3) is 32.6 Å². The fourth-order valence-corrected chi connectivity index (χ4v) is 11.4. The van der Waals surface area contributed by atoms with Gasteiger partial charge in [0.05, 0.1) is 34.0 Å².